The Balaban J connectivity index is 0.00000264. The van der Waals surface area contributed by atoms with Crippen LogP contribution in [0.2, 0.25) is 5.02 Å². The molecule has 23 heavy (non-hydrogen) atoms. The van der Waals surface area contributed by atoms with Crippen LogP contribution in [-0.2, 0) is 0 Å². The quantitative estimate of drug-likeness (QED) is 0.303. The van der Waals surface area contributed by atoms with E-state index in [9.17, 15) is 0 Å². The van der Waals surface area contributed by atoms with E-state index in [1.807, 2.05) is 18.2 Å². The molecule has 0 radical (unpaired) electrons. The first-order valence-electron chi connectivity index (χ1n) is 7.79. The van der Waals surface area contributed by atoms with E-state index in [2.05, 4.69) is 39.2 Å². The Bertz CT molecular complexity index is 515. The Labute approximate surface area is 161 Å². The maximum absolute atomic E-state index is 6.17. The van der Waals surface area contributed by atoms with Crippen LogP contribution in [0.15, 0.2) is 41.9 Å². The molecular weight excluding hydrogens is 423 g/mol. The van der Waals surface area contributed by atoms with Crippen LogP contribution in [0.4, 0.5) is 0 Å². The average Bonchev–Trinajstić information content (AvgIpc) is 3.05. The van der Waals surface area contributed by atoms with Crippen LogP contribution in [0.1, 0.15) is 24.4 Å². The van der Waals surface area contributed by atoms with Crippen molar-refractivity contribution >= 4 is 41.5 Å². The molecule has 0 saturated carbocycles. The summed E-state index contributed by atoms with van der Waals surface area (Å²) in [4.78, 5) is 6.75. The third-order valence-corrected chi connectivity index (χ3v) is 4.15. The van der Waals surface area contributed by atoms with E-state index >= 15 is 0 Å². The van der Waals surface area contributed by atoms with Crippen LogP contribution in [0.25, 0.3) is 0 Å². The van der Waals surface area contributed by atoms with Crippen molar-refractivity contribution < 1.29 is 0 Å². The average molecular weight is 449 g/mol. The second-order valence-corrected chi connectivity index (χ2v) is 5.87. The molecule has 1 aliphatic rings. The van der Waals surface area contributed by atoms with E-state index in [1.165, 1.54) is 18.4 Å². The molecule has 2 rings (SSSR count). The van der Waals surface area contributed by atoms with Gasteiger partial charge in [-0.25, -0.2) is 0 Å². The third kappa shape index (κ3) is 6.31. The molecule has 0 aromatic heterocycles. The van der Waals surface area contributed by atoms with Crippen LogP contribution < -0.4 is 10.6 Å². The van der Waals surface area contributed by atoms with E-state index in [0.717, 1.165) is 30.6 Å². The van der Waals surface area contributed by atoms with Crippen LogP contribution in [-0.4, -0.2) is 44.1 Å². The molecule has 1 fully saturated rings. The summed E-state index contributed by atoms with van der Waals surface area (Å²) in [5.74, 6) is 0.797. The van der Waals surface area contributed by atoms with E-state index < -0.39 is 0 Å². The van der Waals surface area contributed by atoms with Crippen molar-refractivity contribution in [1.29, 1.82) is 0 Å². The number of nitrogens with zero attached hydrogens (tertiary/aromatic N) is 2. The molecule has 1 heterocycles. The van der Waals surface area contributed by atoms with Gasteiger partial charge in [0.2, 0.25) is 0 Å². The molecular formula is C17H26ClIN4. The lowest BCUT2D eigenvalue weighted by molar-refractivity contribution is 0.245. The SMILES string of the molecule is C=CCNC(=NC)NCC(c1cccc(Cl)c1)N1CCCC1.I. The number of rotatable bonds is 6. The normalized spacial score (nSPS) is 16.5. The van der Waals surface area contributed by atoms with E-state index in [0.29, 0.717) is 12.6 Å². The largest absolute Gasteiger partial charge is 0.354 e. The van der Waals surface area contributed by atoms with Gasteiger partial charge in [-0.05, 0) is 43.6 Å². The van der Waals surface area contributed by atoms with Gasteiger partial charge < -0.3 is 10.6 Å². The molecule has 6 heteroatoms. The number of nitrogens with one attached hydrogen (secondary N) is 2. The minimum absolute atomic E-state index is 0. The second kappa shape index (κ2) is 10.9. The molecule has 0 spiro atoms. The number of benzene rings is 1. The van der Waals surface area contributed by atoms with Gasteiger partial charge in [0, 0.05) is 25.2 Å². The Morgan fingerprint density at radius 3 is 2.74 bits per heavy atom. The Morgan fingerprint density at radius 1 is 1.39 bits per heavy atom. The van der Waals surface area contributed by atoms with Crippen LogP contribution >= 0.6 is 35.6 Å². The number of hydrogen-bond acceptors (Lipinski definition) is 2. The summed E-state index contributed by atoms with van der Waals surface area (Å²) in [5, 5.41) is 7.40. The fraction of sp³-hybridized carbons (Fsp3) is 0.471. The summed E-state index contributed by atoms with van der Waals surface area (Å²) in [6.07, 6.45) is 4.35. The summed E-state index contributed by atoms with van der Waals surface area (Å²) in [5.41, 5.74) is 1.25. The van der Waals surface area contributed by atoms with Crippen molar-refractivity contribution in [2.75, 3.05) is 33.2 Å². The van der Waals surface area contributed by atoms with Gasteiger partial charge in [-0.1, -0.05) is 29.8 Å². The molecule has 2 N–H and O–H groups in total. The van der Waals surface area contributed by atoms with Crippen LogP contribution in [0.3, 0.4) is 0 Å². The summed E-state index contributed by atoms with van der Waals surface area (Å²) in [7, 11) is 1.78. The van der Waals surface area contributed by atoms with Crippen molar-refractivity contribution in [3.8, 4) is 0 Å². The first-order chi connectivity index (χ1) is 10.7. The van der Waals surface area contributed by atoms with Gasteiger partial charge in [0.25, 0.3) is 0 Å². The highest BCUT2D eigenvalue weighted by Crippen LogP contribution is 2.26. The van der Waals surface area contributed by atoms with Gasteiger partial charge in [0.1, 0.15) is 0 Å². The summed E-state index contributed by atoms with van der Waals surface area (Å²) in [6.45, 7) is 7.49. The number of aliphatic imine (C=N–C) groups is 1. The number of guanidine groups is 1. The number of likely N-dealkylation sites (tertiary alicyclic amines) is 1. The molecule has 1 unspecified atom stereocenters. The van der Waals surface area contributed by atoms with Crippen LogP contribution in [0, 0.1) is 0 Å². The molecule has 0 amide bonds. The lowest BCUT2D eigenvalue weighted by Gasteiger charge is -2.29. The van der Waals surface area contributed by atoms with Gasteiger partial charge in [-0.2, -0.15) is 0 Å². The van der Waals surface area contributed by atoms with Crippen molar-refractivity contribution in [1.82, 2.24) is 15.5 Å². The Hall–Kier alpha value is -0.790. The van der Waals surface area contributed by atoms with Crippen LogP contribution in [0.5, 0.6) is 0 Å². The lowest BCUT2D eigenvalue weighted by atomic mass is 10.1. The Kier molecular flexibility index (Phi) is 9.59. The fourth-order valence-electron chi connectivity index (χ4n) is 2.81. The first kappa shape index (κ1) is 20.3. The third-order valence-electron chi connectivity index (χ3n) is 3.92. The highest BCUT2D eigenvalue weighted by atomic mass is 127. The van der Waals surface area contributed by atoms with Crippen molar-refractivity contribution in [3.05, 3.63) is 47.5 Å². The molecule has 1 aromatic rings. The van der Waals surface area contributed by atoms with Gasteiger partial charge >= 0.3 is 0 Å². The zero-order chi connectivity index (χ0) is 15.8. The molecule has 1 saturated heterocycles. The topological polar surface area (TPSA) is 39.7 Å². The summed E-state index contributed by atoms with van der Waals surface area (Å²) in [6, 6.07) is 8.46. The van der Waals surface area contributed by atoms with Crippen molar-refractivity contribution in [2.24, 2.45) is 4.99 Å². The van der Waals surface area contributed by atoms with E-state index in [-0.39, 0.29) is 24.0 Å². The smallest absolute Gasteiger partial charge is 0.191 e. The second-order valence-electron chi connectivity index (χ2n) is 5.44. The summed E-state index contributed by atoms with van der Waals surface area (Å²) >= 11 is 6.17. The zero-order valence-electron chi connectivity index (χ0n) is 13.6. The summed E-state index contributed by atoms with van der Waals surface area (Å²) < 4.78 is 0. The highest BCUT2D eigenvalue weighted by molar-refractivity contribution is 14.0. The first-order valence-corrected chi connectivity index (χ1v) is 8.17. The molecule has 4 nitrogen and oxygen atoms in total. The molecule has 0 bridgehead atoms. The molecule has 1 aliphatic heterocycles. The van der Waals surface area contributed by atoms with Gasteiger partial charge in [0.15, 0.2) is 5.96 Å². The van der Waals surface area contributed by atoms with Gasteiger partial charge in [0.05, 0.1) is 6.04 Å². The maximum Gasteiger partial charge on any atom is 0.191 e. The standard InChI is InChI=1S/C17H25ClN4.HI/c1-3-9-20-17(19-2)21-13-16(22-10-4-5-11-22)14-7-6-8-15(18)12-14;/h3,6-8,12,16H,1,4-5,9-11,13H2,2H3,(H2,19,20,21);1H. The minimum Gasteiger partial charge on any atom is -0.354 e. The van der Waals surface area contributed by atoms with Gasteiger partial charge in [-0.15, -0.1) is 30.6 Å². The number of halogens is 2. The van der Waals surface area contributed by atoms with E-state index in [1.54, 1.807) is 7.05 Å². The Morgan fingerprint density at radius 2 is 2.13 bits per heavy atom. The molecule has 0 aliphatic carbocycles. The molecule has 1 atom stereocenters. The fourth-order valence-corrected chi connectivity index (χ4v) is 3.01. The maximum atomic E-state index is 6.17. The highest BCUT2D eigenvalue weighted by Gasteiger charge is 2.23. The molecule has 1 aromatic carbocycles. The predicted octanol–water partition coefficient (Wildman–Crippen LogP) is 3.45. The lowest BCUT2D eigenvalue weighted by Crippen LogP contribution is -2.42. The van der Waals surface area contributed by atoms with Crippen molar-refractivity contribution in [2.45, 2.75) is 18.9 Å². The van der Waals surface area contributed by atoms with E-state index in [4.69, 9.17) is 11.6 Å². The molecule has 128 valence electrons. The minimum atomic E-state index is 0. The van der Waals surface area contributed by atoms with Crippen molar-refractivity contribution in [3.63, 3.8) is 0 Å². The predicted molar refractivity (Wildman–Crippen MR) is 110 cm³/mol. The monoisotopic (exact) mass is 448 g/mol. The zero-order valence-corrected chi connectivity index (χ0v) is 16.7. The number of hydrogen-bond donors (Lipinski definition) is 2. The van der Waals surface area contributed by atoms with Gasteiger partial charge in [-0.3, -0.25) is 9.89 Å².